The summed E-state index contributed by atoms with van der Waals surface area (Å²) in [6.45, 7) is 5.65. The minimum absolute atomic E-state index is 0.0856. The van der Waals surface area contributed by atoms with E-state index >= 15 is 0 Å². The second-order valence-corrected chi connectivity index (χ2v) is 8.21. The van der Waals surface area contributed by atoms with Gasteiger partial charge in [0.05, 0.1) is 17.8 Å². The molecule has 0 radical (unpaired) electrons. The lowest BCUT2D eigenvalue weighted by Crippen LogP contribution is -2.48. The molecular formula is C26H31N5O. The summed E-state index contributed by atoms with van der Waals surface area (Å²) < 4.78 is 0. The molecule has 2 heterocycles. The van der Waals surface area contributed by atoms with E-state index in [2.05, 4.69) is 57.8 Å². The fourth-order valence-electron chi connectivity index (χ4n) is 3.84. The maximum absolute atomic E-state index is 12.3. The smallest absolute Gasteiger partial charge is 0.234 e. The third kappa shape index (κ3) is 6.15. The monoisotopic (exact) mass is 429 g/mol. The van der Waals surface area contributed by atoms with E-state index in [-0.39, 0.29) is 5.91 Å². The molecule has 4 rings (SSSR count). The first kappa shape index (κ1) is 22.0. The van der Waals surface area contributed by atoms with Crippen molar-refractivity contribution in [2.45, 2.75) is 0 Å². The number of amides is 1. The van der Waals surface area contributed by atoms with Crippen LogP contribution < -0.4 is 10.6 Å². The van der Waals surface area contributed by atoms with Gasteiger partial charge in [-0.15, -0.1) is 0 Å². The standard InChI is InChI=1S/C26H31N5O/c1-30-15-17-31(18-16-30)20-26(32)28-14-13-27-25-19-22(12-11-21-7-3-2-4-8-21)29-24-10-6-5-9-23(24)25/h2-12,19H,13-18,20H2,1H3,(H,27,29)(H,28,32)/b12-11+. The van der Waals surface area contributed by atoms with Crippen molar-refractivity contribution in [3.8, 4) is 0 Å². The number of nitrogens with one attached hydrogen (secondary N) is 2. The topological polar surface area (TPSA) is 60.5 Å². The van der Waals surface area contributed by atoms with E-state index in [0.717, 1.165) is 54.0 Å². The summed E-state index contributed by atoms with van der Waals surface area (Å²) in [4.78, 5) is 21.6. The average Bonchev–Trinajstić information content (AvgIpc) is 2.82. The molecule has 6 nitrogen and oxygen atoms in total. The summed E-state index contributed by atoms with van der Waals surface area (Å²) in [7, 11) is 2.12. The van der Waals surface area contributed by atoms with Crippen LogP contribution in [0.15, 0.2) is 60.7 Å². The van der Waals surface area contributed by atoms with Gasteiger partial charge in [-0.3, -0.25) is 9.69 Å². The quantitative estimate of drug-likeness (QED) is 0.539. The first-order chi connectivity index (χ1) is 15.7. The highest BCUT2D eigenvalue weighted by Crippen LogP contribution is 2.24. The molecule has 0 aliphatic carbocycles. The number of anilines is 1. The Labute approximate surface area is 189 Å². The van der Waals surface area contributed by atoms with E-state index in [1.807, 2.05) is 42.5 Å². The Morgan fingerprint density at radius 3 is 2.53 bits per heavy atom. The molecule has 0 unspecified atom stereocenters. The molecule has 3 aromatic rings. The zero-order valence-corrected chi connectivity index (χ0v) is 18.6. The van der Waals surface area contributed by atoms with Crippen LogP contribution in [0.25, 0.3) is 23.1 Å². The number of hydrogen-bond donors (Lipinski definition) is 2. The number of carbonyl (C=O) groups excluding carboxylic acids is 1. The Hall–Kier alpha value is -3.22. The van der Waals surface area contributed by atoms with Crippen LogP contribution in [0.4, 0.5) is 5.69 Å². The number of likely N-dealkylation sites (N-methyl/N-ethyl adjacent to an activating group) is 1. The van der Waals surface area contributed by atoms with Crippen molar-refractivity contribution >= 4 is 34.6 Å². The van der Waals surface area contributed by atoms with E-state index < -0.39 is 0 Å². The lowest BCUT2D eigenvalue weighted by molar-refractivity contribution is -0.122. The lowest BCUT2D eigenvalue weighted by Gasteiger charge is -2.31. The molecule has 32 heavy (non-hydrogen) atoms. The maximum atomic E-state index is 12.3. The SMILES string of the molecule is CN1CCN(CC(=O)NCCNc2cc(/C=C/c3ccccc3)nc3ccccc23)CC1. The first-order valence-electron chi connectivity index (χ1n) is 11.2. The van der Waals surface area contributed by atoms with Gasteiger partial charge in [-0.05, 0) is 30.8 Å². The van der Waals surface area contributed by atoms with Crippen molar-refractivity contribution in [2.75, 3.05) is 58.2 Å². The molecule has 1 aromatic heterocycles. The molecule has 0 bridgehead atoms. The van der Waals surface area contributed by atoms with Crippen molar-refractivity contribution < 1.29 is 4.79 Å². The Morgan fingerprint density at radius 1 is 0.969 bits per heavy atom. The second kappa shape index (κ2) is 10.9. The Balaban J connectivity index is 1.34. The summed E-state index contributed by atoms with van der Waals surface area (Å²) in [6, 6.07) is 20.4. The maximum Gasteiger partial charge on any atom is 0.234 e. The number of hydrogen-bond acceptors (Lipinski definition) is 5. The van der Waals surface area contributed by atoms with Crippen molar-refractivity contribution in [3.05, 3.63) is 71.9 Å². The van der Waals surface area contributed by atoms with Crippen LogP contribution in [0.1, 0.15) is 11.3 Å². The molecule has 0 spiro atoms. The molecule has 166 valence electrons. The summed E-state index contributed by atoms with van der Waals surface area (Å²) in [6.07, 6.45) is 4.10. The normalized spacial score (nSPS) is 15.3. The Kier molecular flexibility index (Phi) is 7.48. The Bertz CT molecular complexity index is 1060. The molecule has 6 heteroatoms. The number of rotatable bonds is 8. The van der Waals surface area contributed by atoms with E-state index in [1.54, 1.807) is 0 Å². The van der Waals surface area contributed by atoms with Crippen molar-refractivity contribution in [2.24, 2.45) is 0 Å². The Morgan fingerprint density at radius 2 is 1.72 bits per heavy atom. The fraction of sp³-hybridized carbons (Fsp3) is 0.308. The summed E-state index contributed by atoms with van der Waals surface area (Å²) >= 11 is 0. The lowest BCUT2D eigenvalue weighted by atomic mass is 10.1. The van der Waals surface area contributed by atoms with E-state index in [9.17, 15) is 4.79 Å². The van der Waals surface area contributed by atoms with Crippen LogP contribution in [-0.2, 0) is 4.79 Å². The predicted octanol–water partition coefficient (Wildman–Crippen LogP) is 3.18. The number of benzene rings is 2. The fourth-order valence-corrected chi connectivity index (χ4v) is 3.84. The van der Waals surface area contributed by atoms with Gasteiger partial charge >= 0.3 is 0 Å². The van der Waals surface area contributed by atoms with Gasteiger partial charge in [0.1, 0.15) is 0 Å². The highest BCUT2D eigenvalue weighted by atomic mass is 16.2. The van der Waals surface area contributed by atoms with Gasteiger partial charge in [0.15, 0.2) is 0 Å². The molecule has 1 fully saturated rings. The zero-order chi connectivity index (χ0) is 22.2. The third-order valence-electron chi connectivity index (χ3n) is 5.71. The number of piperazine rings is 1. The van der Waals surface area contributed by atoms with Gasteiger partial charge < -0.3 is 15.5 Å². The minimum Gasteiger partial charge on any atom is -0.383 e. The zero-order valence-electron chi connectivity index (χ0n) is 18.6. The van der Waals surface area contributed by atoms with Crippen LogP contribution in [-0.4, -0.2) is 73.6 Å². The molecule has 1 aliphatic heterocycles. The predicted molar refractivity (Wildman–Crippen MR) is 133 cm³/mol. The summed E-state index contributed by atoms with van der Waals surface area (Å²) in [5.41, 5.74) is 4.01. The van der Waals surface area contributed by atoms with Crippen LogP contribution in [0.3, 0.4) is 0 Å². The number of nitrogens with zero attached hydrogens (tertiary/aromatic N) is 3. The molecule has 2 aromatic carbocycles. The second-order valence-electron chi connectivity index (χ2n) is 8.21. The molecule has 0 saturated carbocycles. The average molecular weight is 430 g/mol. The van der Waals surface area contributed by atoms with Crippen molar-refractivity contribution in [1.82, 2.24) is 20.1 Å². The highest BCUT2D eigenvalue weighted by Gasteiger charge is 2.16. The minimum atomic E-state index is 0.0856. The van der Waals surface area contributed by atoms with Gasteiger partial charge in [-0.1, -0.05) is 54.6 Å². The number of para-hydroxylation sites is 1. The number of aromatic nitrogens is 1. The van der Waals surface area contributed by atoms with E-state index in [0.29, 0.717) is 19.6 Å². The molecule has 0 atom stereocenters. The van der Waals surface area contributed by atoms with Crippen molar-refractivity contribution in [3.63, 3.8) is 0 Å². The molecule has 1 saturated heterocycles. The summed E-state index contributed by atoms with van der Waals surface area (Å²) in [5.74, 6) is 0.0856. The van der Waals surface area contributed by atoms with Gasteiger partial charge in [0, 0.05) is 50.3 Å². The number of pyridine rings is 1. The summed E-state index contributed by atoms with van der Waals surface area (Å²) in [5, 5.41) is 7.59. The van der Waals surface area contributed by atoms with E-state index in [4.69, 9.17) is 4.98 Å². The van der Waals surface area contributed by atoms with Gasteiger partial charge in [-0.2, -0.15) is 0 Å². The van der Waals surface area contributed by atoms with Crippen LogP contribution in [0, 0.1) is 0 Å². The first-order valence-corrected chi connectivity index (χ1v) is 11.2. The van der Waals surface area contributed by atoms with Gasteiger partial charge in [0.25, 0.3) is 0 Å². The molecule has 1 amide bonds. The third-order valence-corrected chi connectivity index (χ3v) is 5.71. The highest BCUT2D eigenvalue weighted by molar-refractivity contribution is 5.92. The largest absolute Gasteiger partial charge is 0.383 e. The number of fused-ring (bicyclic) bond motifs is 1. The van der Waals surface area contributed by atoms with Crippen LogP contribution in [0.5, 0.6) is 0 Å². The van der Waals surface area contributed by atoms with Crippen LogP contribution >= 0.6 is 0 Å². The molecule has 2 N–H and O–H groups in total. The van der Waals surface area contributed by atoms with E-state index in [1.165, 1.54) is 0 Å². The van der Waals surface area contributed by atoms with Crippen molar-refractivity contribution in [1.29, 1.82) is 0 Å². The molecule has 1 aliphatic rings. The number of carbonyl (C=O) groups is 1. The van der Waals surface area contributed by atoms with Gasteiger partial charge in [-0.25, -0.2) is 4.98 Å². The van der Waals surface area contributed by atoms with Crippen LogP contribution in [0.2, 0.25) is 0 Å². The van der Waals surface area contributed by atoms with Gasteiger partial charge in [0.2, 0.25) is 5.91 Å². The molecular weight excluding hydrogens is 398 g/mol.